The van der Waals surface area contributed by atoms with E-state index >= 15 is 0 Å². The predicted molar refractivity (Wildman–Crippen MR) is 201 cm³/mol. The zero-order chi connectivity index (χ0) is 35.5. The van der Waals surface area contributed by atoms with E-state index in [0.29, 0.717) is 12.2 Å². The van der Waals surface area contributed by atoms with Crippen LogP contribution >= 0.6 is 0 Å². The van der Waals surface area contributed by atoms with E-state index in [1.54, 1.807) is 4.68 Å². The number of anilines is 2. The number of aromatic nitrogens is 3. The smallest absolute Gasteiger partial charge is 0.320 e. The Kier molecular flexibility index (Phi) is 10.5. The third kappa shape index (κ3) is 7.95. The molecular formula is C39H55N9O. The SMILES string of the molecule is C=C(C)CCC(=C)n1nc(C(C)(C)C)cc1NC(=O)N[C@H]1CC[C@@](C)(CNc2cc/c(=N/N)n([C@@H](C)C3=CCCN3C)c2)c2ccccc21. The van der Waals surface area contributed by atoms with Crippen molar-refractivity contribution in [3.8, 4) is 0 Å². The summed E-state index contributed by atoms with van der Waals surface area (Å²) in [6.45, 7) is 22.9. The van der Waals surface area contributed by atoms with Crippen molar-refractivity contribution >= 4 is 23.2 Å². The molecule has 0 unspecified atom stereocenters. The molecule has 10 nitrogen and oxygen atoms in total. The van der Waals surface area contributed by atoms with E-state index < -0.39 is 0 Å². The number of hydrogen-bond acceptors (Lipinski definition) is 6. The third-order valence-electron chi connectivity index (χ3n) is 10.0. The topological polar surface area (TPSA) is 118 Å². The van der Waals surface area contributed by atoms with Gasteiger partial charge in [-0.05, 0) is 69.2 Å². The number of carbonyl (C=O) groups is 1. The van der Waals surface area contributed by atoms with E-state index in [4.69, 9.17) is 10.9 Å². The van der Waals surface area contributed by atoms with Crippen molar-refractivity contribution in [3.05, 3.63) is 101 Å². The van der Waals surface area contributed by atoms with Gasteiger partial charge in [-0.2, -0.15) is 10.2 Å². The predicted octanol–water partition coefficient (Wildman–Crippen LogP) is 7.39. The van der Waals surface area contributed by atoms with E-state index in [0.717, 1.165) is 72.5 Å². The van der Waals surface area contributed by atoms with Gasteiger partial charge in [0.1, 0.15) is 5.82 Å². The first-order chi connectivity index (χ1) is 23.2. The van der Waals surface area contributed by atoms with Gasteiger partial charge in [-0.3, -0.25) is 5.32 Å². The van der Waals surface area contributed by atoms with E-state index in [2.05, 4.69) is 122 Å². The number of nitrogens with zero attached hydrogens (tertiary/aromatic N) is 5. The number of carbonyl (C=O) groups excluding carboxylic acids is 1. The third-order valence-corrected chi connectivity index (χ3v) is 10.0. The standard InChI is InChI=1S/C39H55N9O/c1-26(2)16-17-27(3)48-36(23-34(45-48)38(5,6)7)43-37(49)42-32-20-21-39(8,31-14-11-10-13-30(31)32)25-41-29-18-19-35(44-40)47(24-29)28(4)33-15-12-22-46(33)9/h10-11,13-15,18-19,23-24,28,32,41H,1,3,12,16-17,20-22,25,40H2,2,4-9H3,(H2,42,43,49)/b44-35-/t28-,32-,39-/m0/s1. The van der Waals surface area contributed by atoms with Crippen LogP contribution in [0.2, 0.25) is 0 Å². The van der Waals surface area contributed by atoms with Crippen LogP contribution in [0.3, 0.4) is 0 Å². The summed E-state index contributed by atoms with van der Waals surface area (Å²) in [6, 6.07) is 14.1. The molecule has 0 spiro atoms. The number of likely N-dealkylation sites (N-methyl/N-ethyl adjacent to an activating group) is 1. The maximum atomic E-state index is 13.6. The summed E-state index contributed by atoms with van der Waals surface area (Å²) in [5.41, 5.74) is 7.85. The zero-order valence-electron chi connectivity index (χ0n) is 30.4. The number of nitrogens with one attached hydrogen (secondary N) is 3. The molecule has 2 aromatic heterocycles. The second kappa shape index (κ2) is 14.4. The Balaban J connectivity index is 1.31. The lowest BCUT2D eigenvalue weighted by Crippen LogP contribution is -2.41. The zero-order valence-corrected chi connectivity index (χ0v) is 30.4. The van der Waals surface area contributed by atoms with Crippen LogP contribution < -0.4 is 27.3 Å². The quantitative estimate of drug-likeness (QED) is 0.0968. The van der Waals surface area contributed by atoms with Crippen molar-refractivity contribution < 1.29 is 4.79 Å². The molecule has 1 aliphatic carbocycles. The fourth-order valence-corrected chi connectivity index (χ4v) is 6.94. The molecule has 1 aliphatic heterocycles. The number of fused-ring (bicyclic) bond motifs is 1. The lowest BCUT2D eigenvalue weighted by molar-refractivity contribution is 0.244. The van der Waals surface area contributed by atoms with Gasteiger partial charge in [-0.25, -0.2) is 9.48 Å². The summed E-state index contributed by atoms with van der Waals surface area (Å²) in [7, 11) is 2.13. The summed E-state index contributed by atoms with van der Waals surface area (Å²) in [5, 5.41) is 19.0. The molecule has 262 valence electrons. The van der Waals surface area contributed by atoms with Gasteiger partial charge in [0, 0.05) is 54.6 Å². The normalized spacial score (nSPS) is 20.0. The number of rotatable bonds is 11. The monoisotopic (exact) mass is 665 g/mol. The Bertz CT molecular complexity index is 1810. The minimum atomic E-state index is -0.261. The fourth-order valence-electron chi connectivity index (χ4n) is 6.94. The molecule has 0 fully saturated rings. The molecule has 5 rings (SSSR count). The van der Waals surface area contributed by atoms with Crippen molar-refractivity contribution in [1.82, 2.24) is 24.6 Å². The maximum Gasteiger partial charge on any atom is 0.320 e. The Morgan fingerprint density at radius 2 is 1.94 bits per heavy atom. The van der Waals surface area contributed by atoms with Gasteiger partial charge in [-0.1, -0.05) is 70.2 Å². The number of benzene rings is 1. The van der Waals surface area contributed by atoms with Gasteiger partial charge < -0.3 is 25.9 Å². The first-order valence-corrected chi connectivity index (χ1v) is 17.4. The van der Waals surface area contributed by atoms with Crippen molar-refractivity contribution in [2.24, 2.45) is 10.9 Å². The molecule has 0 radical (unpaired) electrons. The number of urea groups is 1. The Hall–Kier alpha value is -4.73. The average Bonchev–Trinajstić information content (AvgIpc) is 3.70. The fraction of sp³-hybridized carbons (Fsp3) is 0.462. The molecule has 49 heavy (non-hydrogen) atoms. The van der Waals surface area contributed by atoms with Crippen LogP contribution in [0.4, 0.5) is 16.3 Å². The largest absolute Gasteiger partial charge is 0.383 e. The summed E-state index contributed by atoms with van der Waals surface area (Å²) < 4.78 is 3.90. The second-order valence-electron chi connectivity index (χ2n) is 15.1. The Labute approximate surface area is 291 Å². The number of allylic oxidation sites excluding steroid dienone is 3. The minimum absolute atomic E-state index is 0.105. The molecular weight excluding hydrogens is 610 g/mol. The van der Waals surface area contributed by atoms with E-state index in [1.165, 1.54) is 11.3 Å². The summed E-state index contributed by atoms with van der Waals surface area (Å²) >= 11 is 0. The lowest BCUT2D eigenvalue weighted by Gasteiger charge is -2.40. The van der Waals surface area contributed by atoms with Crippen LogP contribution in [0.5, 0.6) is 0 Å². The highest BCUT2D eigenvalue weighted by Crippen LogP contribution is 2.42. The number of pyridine rings is 1. The van der Waals surface area contributed by atoms with Crippen LogP contribution in [0.15, 0.2) is 84.3 Å². The average molecular weight is 666 g/mol. The highest BCUT2D eigenvalue weighted by atomic mass is 16.2. The van der Waals surface area contributed by atoms with Crippen LogP contribution in [0, 0.1) is 0 Å². The highest BCUT2D eigenvalue weighted by molar-refractivity contribution is 5.89. The Morgan fingerprint density at radius 3 is 2.61 bits per heavy atom. The van der Waals surface area contributed by atoms with Crippen LogP contribution in [-0.2, 0) is 10.8 Å². The van der Waals surface area contributed by atoms with E-state index in [-0.39, 0.29) is 28.9 Å². The first kappa shape index (κ1) is 35.6. The molecule has 1 aromatic carbocycles. The van der Waals surface area contributed by atoms with Gasteiger partial charge >= 0.3 is 6.03 Å². The molecule has 5 N–H and O–H groups in total. The van der Waals surface area contributed by atoms with Crippen molar-refractivity contribution in [2.45, 2.75) is 96.6 Å². The summed E-state index contributed by atoms with van der Waals surface area (Å²) in [5.74, 6) is 6.41. The van der Waals surface area contributed by atoms with Gasteiger partial charge in [-0.15, -0.1) is 6.58 Å². The van der Waals surface area contributed by atoms with Crippen LogP contribution in [0.25, 0.3) is 5.70 Å². The summed E-state index contributed by atoms with van der Waals surface area (Å²) in [6.07, 6.45) is 8.68. The van der Waals surface area contributed by atoms with Gasteiger partial charge in [0.25, 0.3) is 0 Å². The number of nitrogens with two attached hydrogens (primary N) is 1. The van der Waals surface area contributed by atoms with Crippen LogP contribution in [-0.4, -0.2) is 45.4 Å². The number of hydrogen-bond donors (Lipinski definition) is 4. The second-order valence-corrected chi connectivity index (χ2v) is 15.1. The van der Waals surface area contributed by atoms with E-state index in [9.17, 15) is 4.79 Å². The van der Waals surface area contributed by atoms with Crippen LogP contribution in [0.1, 0.15) is 103 Å². The molecule has 3 aromatic rings. The molecule has 0 saturated heterocycles. The van der Waals surface area contributed by atoms with Gasteiger partial charge in [0.15, 0.2) is 5.49 Å². The molecule has 3 atom stereocenters. The van der Waals surface area contributed by atoms with Gasteiger partial charge in [0.05, 0.1) is 23.5 Å². The molecule has 2 aliphatic rings. The highest BCUT2D eigenvalue weighted by Gasteiger charge is 2.37. The minimum Gasteiger partial charge on any atom is -0.383 e. The van der Waals surface area contributed by atoms with Gasteiger partial charge in [0.2, 0.25) is 0 Å². The molecule has 3 heterocycles. The van der Waals surface area contributed by atoms with E-state index in [1.807, 2.05) is 25.1 Å². The molecule has 2 amide bonds. The molecule has 0 saturated carbocycles. The van der Waals surface area contributed by atoms with Crippen molar-refractivity contribution in [1.29, 1.82) is 0 Å². The maximum absolute atomic E-state index is 13.6. The first-order valence-electron chi connectivity index (χ1n) is 17.4. The summed E-state index contributed by atoms with van der Waals surface area (Å²) in [4.78, 5) is 15.9. The number of amides is 2. The Morgan fingerprint density at radius 1 is 1.18 bits per heavy atom. The molecule has 10 heteroatoms. The van der Waals surface area contributed by atoms with Crippen molar-refractivity contribution in [2.75, 3.05) is 30.8 Å². The lowest BCUT2D eigenvalue weighted by atomic mass is 9.69. The molecule has 0 bridgehead atoms. The van der Waals surface area contributed by atoms with Crippen molar-refractivity contribution in [3.63, 3.8) is 0 Å².